The van der Waals surface area contributed by atoms with E-state index >= 15 is 0 Å². The zero-order chi connectivity index (χ0) is 27.8. The quantitative estimate of drug-likeness (QED) is 0.311. The molecule has 2 atom stereocenters. The maximum absolute atomic E-state index is 11.3. The Kier molecular flexibility index (Phi) is 20.1. The molecule has 209 valence electrons. The van der Waals surface area contributed by atoms with Gasteiger partial charge in [-0.1, -0.05) is 58.4 Å². The number of carbonyl (C=O) groups excluding carboxylic acids is 2. The Morgan fingerprint density at radius 3 is 1.68 bits per heavy atom. The summed E-state index contributed by atoms with van der Waals surface area (Å²) in [6.45, 7) is 20.6. The Bertz CT molecular complexity index is 903. The van der Waals surface area contributed by atoms with Gasteiger partial charge in [0, 0.05) is 45.3 Å². The second-order valence-electron chi connectivity index (χ2n) is 9.29. The molecule has 0 bridgehead atoms. The predicted molar refractivity (Wildman–Crippen MR) is 141 cm³/mol. The van der Waals surface area contributed by atoms with Crippen LogP contribution >= 0.6 is 0 Å². The van der Waals surface area contributed by atoms with Gasteiger partial charge in [-0.3, -0.25) is 9.59 Å². The van der Waals surface area contributed by atoms with Gasteiger partial charge in [0.2, 0.25) is 0 Å². The molecule has 0 aliphatic carbocycles. The van der Waals surface area contributed by atoms with Crippen molar-refractivity contribution in [3.63, 3.8) is 0 Å². The van der Waals surface area contributed by atoms with Gasteiger partial charge in [0.05, 0.1) is 36.3 Å². The number of hydrogen-bond acceptors (Lipinski definition) is 8. The van der Waals surface area contributed by atoms with Crippen LogP contribution in [0.4, 0.5) is 0 Å². The first-order valence-corrected chi connectivity index (χ1v) is 13.0. The van der Waals surface area contributed by atoms with E-state index in [1.54, 1.807) is 17.1 Å². The molecule has 0 spiro atoms. The third kappa shape index (κ3) is 15.6. The minimum Gasteiger partial charge on any atom is -0.372 e. The smallest absolute Gasteiger partial charge is 0.151 e. The number of nitrogens with zero attached hydrogens (tertiary/aromatic N) is 6. The van der Waals surface area contributed by atoms with Crippen LogP contribution in [-0.4, -0.2) is 59.4 Å². The molecule has 2 aromatic rings. The molecule has 2 heterocycles. The van der Waals surface area contributed by atoms with Gasteiger partial charge >= 0.3 is 0 Å². The molecule has 0 aliphatic heterocycles. The van der Waals surface area contributed by atoms with E-state index < -0.39 is 11.2 Å². The summed E-state index contributed by atoms with van der Waals surface area (Å²) < 4.78 is 15.5. The summed E-state index contributed by atoms with van der Waals surface area (Å²) in [7, 11) is 0. The van der Waals surface area contributed by atoms with Crippen LogP contribution in [0.5, 0.6) is 0 Å². The van der Waals surface area contributed by atoms with Gasteiger partial charge in [-0.05, 0) is 40.5 Å². The van der Waals surface area contributed by atoms with Gasteiger partial charge in [0.25, 0.3) is 0 Å². The molecule has 11 heteroatoms. The summed E-state index contributed by atoms with van der Waals surface area (Å²) >= 11 is 0. The van der Waals surface area contributed by atoms with Gasteiger partial charge in [-0.2, -0.15) is 0 Å². The Hall–Kier alpha value is -1.36. The van der Waals surface area contributed by atoms with E-state index in [9.17, 15) is 9.59 Å². The molecular weight excluding hydrogens is 549 g/mol. The maximum Gasteiger partial charge on any atom is 0.151 e. The first kappa shape index (κ1) is 37.8. The Morgan fingerprint density at radius 1 is 0.811 bits per heavy atom. The standard InChI is InChI=1S/C21H34N6O4.C3H8.C2H6.Y/c1-7-20(5,9-18-12-26(24-22-18)10-16(3)28)31-15-21(6,8-2)30-14-19-13-27(25-23-19)11-17(4)29;1-3-2;1-2;/h12-13H,7-11,14-15H2,1-6H3;3H2,1-2H3;1-2H3;. The third-order valence-electron chi connectivity index (χ3n) is 5.29. The molecule has 1 radical (unpaired) electrons. The summed E-state index contributed by atoms with van der Waals surface area (Å²) in [6, 6.07) is 0. The molecular formula is C26H48N6O4Y. The molecule has 0 saturated heterocycles. The fraction of sp³-hybridized carbons (Fsp3) is 0.769. The molecule has 10 nitrogen and oxygen atoms in total. The summed E-state index contributed by atoms with van der Waals surface area (Å²) in [6.07, 6.45) is 6.88. The largest absolute Gasteiger partial charge is 0.372 e. The van der Waals surface area contributed by atoms with Gasteiger partial charge < -0.3 is 9.47 Å². The van der Waals surface area contributed by atoms with Crippen molar-refractivity contribution in [3.05, 3.63) is 23.8 Å². The Morgan fingerprint density at radius 2 is 1.24 bits per heavy atom. The summed E-state index contributed by atoms with van der Waals surface area (Å²) in [4.78, 5) is 22.5. The van der Waals surface area contributed by atoms with Crippen LogP contribution in [0, 0.1) is 0 Å². The number of ketones is 2. The van der Waals surface area contributed by atoms with Crippen LogP contribution in [0.2, 0.25) is 0 Å². The molecule has 2 aromatic heterocycles. The van der Waals surface area contributed by atoms with Crippen LogP contribution in [0.1, 0.15) is 99.9 Å². The molecule has 2 rings (SSSR count). The van der Waals surface area contributed by atoms with Crippen molar-refractivity contribution in [1.29, 1.82) is 0 Å². The first-order valence-electron chi connectivity index (χ1n) is 13.0. The molecule has 0 amide bonds. The van der Waals surface area contributed by atoms with Crippen LogP contribution in [0.15, 0.2) is 12.4 Å². The molecule has 0 fully saturated rings. The van der Waals surface area contributed by atoms with Crippen LogP contribution in [0.25, 0.3) is 0 Å². The zero-order valence-electron chi connectivity index (χ0n) is 24.7. The van der Waals surface area contributed by atoms with Crippen molar-refractivity contribution in [1.82, 2.24) is 30.0 Å². The molecule has 0 aliphatic rings. The van der Waals surface area contributed by atoms with Gasteiger partial charge in [0.15, 0.2) is 11.6 Å². The predicted octanol–water partition coefficient (Wildman–Crippen LogP) is 4.60. The summed E-state index contributed by atoms with van der Waals surface area (Å²) in [5, 5.41) is 16.2. The average molecular weight is 598 g/mol. The van der Waals surface area contributed by atoms with E-state index in [0.717, 1.165) is 18.5 Å². The number of rotatable bonds is 14. The number of ether oxygens (including phenoxy) is 2. The fourth-order valence-electron chi connectivity index (χ4n) is 2.92. The summed E-state index contributed by atoms with van der Waals surface area (Å²) in [5.41, 5.74) is 0.502. The van der Waals surface area contributed by atoms with Crippen LogP contribution in [-0.2, 0) is 77.9 Å². The van der Waals surface area contributed by atoms with E-state index in [4.69, 9.17) is 9.47 Å². The van der Waals surface area contributed by atoms with Gasteiger partial charge in [-0.15, -0.1) is 10.2 Å². The number of Topliss-reactive ketones (excluding diaryl/α,β-unsaturated/α-hetero) is 2. The van der Waals surface area contributed by atoms with E-state index in [0.29, 0.717) is 18.7 Å². The minimum absolute atomic E-state index is 0. The van der Waals surface area contributed by atoms with Crippen molar-refractivity contribution in [2.75, 3.05) is 6.61 Å². The van der Waals surface area contributed by atoms with Crippen molar-refractivity contribution in [3.8, 4) is 0 Å². The van der Waals surface area contributed by atoms with E-state index in [2.05, 4.69) is 41.4 Å². The Labute approximate surface area is 248 Å². The molecule has 0 N–H and O–H groups in total. The van der Waals surface area contributed by atoms with Crippen molar-refractivity contribution < 1.29 is 51.8 Å². The van der Waals surface area contributed by atoms with E-state index in [1.165, 1.54) is 25.0 Å². The number of hydrogen-bond donors (Lipinski definition) is 0. The normalized spacial score (nSPS) is 13.6. The maximum atomic E-state index is 11.3. The monoisotopic (exact) mass is 597 g/mol. The second-order valence-corrected chi connectivity index (χ2v) is 9.29. The van der Waals surface area contributed by atoms with Crippen LogP contribution in [0.3, 0.4) is 0 Å². The minimum atomic E-state index is -0.507. The van der Waals surface area contributed by atoms with Crippen molar-refractivity contribution in [2.24, 2.45) is 0 Å². The average Bonchev–Trinajstić information content (AvgIpc) is 3.46. The molecule has 2 unspecified atom stereocenters. The topological polar surface area (TPSA) is 114 Å². The molecule has 0 saturated carbocycles. The van der Waals surface area contributed by atoms with E-state index in [-0.39, 0.29) is 64.0 Å². The van der Waals surface area contributed by atoms with Crippen LogP contribution < -0.4 is 0 Å². The zero-order valence-corrected chi connectivity index (χ0v) is 27.5. The molecule has 0 aromatic carbocycles. The Balaban J connectivity index is 0. The molecule has 37 heavy (non-hydrogen) atoms. The first-order chi connectivity index (χ1) is 17.0. The van der Waals surface area contributed by atoms with Gasteiger partial charge in [-0.25, -0.2) is 9.36 Å². The number of aromatic nitrogens is 6. The summed E-state index contributed by atoms with van der Waals surface area (Å²) in [5.74, 6) is 0.0486. The van der Waals surface area contributed by atoms with Crippen molar-refractivity contribution >= 4 is 11.6 Å². The second kappa shape index (κ2) is 19.7. The van der Waals surface area contributed by atoms with Gasteiger partial charge in [0.1, 0.15) is 18.8 Å². The third-order valence-corrected chi connectivity index (χ3v) is 5.29. The fourth-order valence-corrected chi connectivity index (χ4v) is 2.92. The van der Waals surface area contributed by atoms with Crippen molar-refractivity contribution in [2.45, 2.75) is 126 Å². The SMILES string of the molecule is CC.CCC.CCC(C)(COC(C)(CC)Cc1cn(CC(C)=O)nn1)OCc1cn(CC(C)=O)nn1.[Y]. The number of carbonyl (C=O) groups is 2. The van der Waals surface area contributed by atoms with E-state index in [1.807, 2.05) is 34.6 Å².